The van der Waals surface area contributed by atoms with Crippen molar-refractivity contribution in [3.8, 4) is 11.3 Å². The molecule has 168 valence electrons. The number of rotatable bonds is 6. The SMILES string of the molecule is CC(C)(C(=O)Nc1nc(-c2cccc3ccccc23)co1)C(c1ccccc1)c1ccccc1. The highest BCUT2D eigenvalue weighted by atomic mass is 16.4. The predicted molar refractivity (Wildman–Crippen MR) is 137 cm³/mol. The van der Waals surface area contributed by atoms with E-state index in [0.29, 0.717) is 5.69 Å². The first kappa shape index (κ1) is 21.7. The van der Waals surface area contributed by atoms with Crippen LogP contribution in [0.3, 0.4) is 0 Å². The maximum absolute atomic E-state index is 13.6. The highest BCUT2D eigenvalue weighted by molar-refractivity contribution is 5.97. The molecule has 0 aliphatic carbocycles. The van der Waals surface area contributed by atoms with Crippen LogP contribution in [0, 0.1) is 5.41 Å². The van der Waals surface area contributed by atoms with E-state index < -0.39 is 5.41 Å². The minimum Gasteiger partial charge on any atom is -0.431 e. The lowest BCUT2D eigenvalue weighted by atomic mass is 9.70. The highest BCUT2D eigenvalue weighted by Crippen LogP contribution is 2.41. The zero-order chi connectivity index (χ0) is 23.5. The van der Waals surface area contributed by atoms with Gasteiger partial charge in [-0.3, -0.25) is 10.1 Å². The standard InChI is InChI=1S/C30H26N2O2/c1-30(2,27(22-13-5-3-6-14-22)23-15-7-4-8-16-23)28(33)32-29-31-26(20-34-29)25-19-11-17-21-12-9-10-18-24(21)25/h3-20,27H,1-2H3,(H,31,32,33). The Morgan fingerprint density at radius 1 is 0.794 bits per heavy atom. The molecule has 0 bridgehead atoms. The van der Waals surface area contributed by atoms with Crippen molar-refractivity contribution >= 4 is 22.7 Å². The van der Waals surface area contributed by atoms with Crippen LogP contribution in [-0.4, -0.2) is 10.9 Å². The van der Waals surface area contributed by atoms with Gasteiger partial charge < -0.3 is 4.42 Å². The van der Waals surface area contributed by atoms with Gasteiger partial charge in [-0.05, 0) is 21.9 Å². The summed E-state index contributed by atoms with van der Waals surface area (Å²) in [7, 11) is 0. The molecule has 0 atom stereocenters. The number of anilines is 1. The molecule has 4 nitrogen and oxygen atoms in total. The Morgan fingerprint density at radius 3 is 2.06 bits per heavy atom. The molecular formula is C30H26N2O2. The molecular weight excluding hydrogens is 420 g/mol. The molecule has 0 spiro atoms. The number of fused-ring (bicyclic) bond motifs is 1. The van der Waals surface area contributed by atoms with Crippen LogP contribution in [0.25, 0.3) is 22.0 Å². The molecule has 4 aromatic carbocycles. The van der Waals surface area contributed by atoms with Gasteiger partial charge >= 0.3 is 6.01 Å². The van der Waals surface area contributed by atoms with Gasteiger partial charge in [0.15, 0.2) is 0 Å². The first-order valence-corrected chi connectivity index (χ1v) is 11.4. The topological polar surface area (TPSA) is 55.1 Å². The lowest BCUT2D eigenvalue weighted by molar-refractivity contribution is -0.124. The van der Waals surface area contributed by atoms with E-state index in [0.717, 1.165) is 27.5 Å². The Labute approximate surface area is 199 Å². The number of amides is 1. The molecule has 1 N–H and O–H groups in total. The average molecular weight is 447 g/mol. The van der Waals surface area contributed by atoms with Gasteiger partial charge in [0.1, 0.15) is 12.0 Å². The number of nitrogens with zero attached hydrogens (tertiary/aromatic N) is 1. The maximum atomic E-state index is 13.6. The van der Waals surface area contributed by atoms with E-state index in [4.69, 9.17) is 4.42 Å². The fraction of sp³-hybridized carbons (Fsp3) is 0.133. The Kier molecular flexibility index (Phi) is 5.72. The Morgan fingerprint density at radius 2 is 1.38 bits per heavy atom. The van der Waals surface area contributed by atoms with Crippen LogP contribution >= 0.6 is 0 Å². The van der Waals surface area contributed by atoms with Crippen LogP contribution in [0.1, 0.15) is 30.9 Å². The van der Waals surface area contributed by atoms with Crippen molar-refractivity contribution in [1.29, 1.82) is 0 Å². The van der Waals surface area contributed by atoms with Gasteiger partial charge in [0.2, 0.25) is 5.91 Å². The summed E-state index contributed by atoms with van der Waals surface area (Å²) in [6, 6.07) is 34.7. The minimum atomic E-state index is -0.767. The van der Waals surface area contributed by atoms with E-state index in [1.165, 1.54) is 0 Å². The average Bonchev–Trinajstić information content (AvgIpc) is 3.33. The quantitative estimate of drug-likeness (QED) is 0.298. The third-order valence-corrected chi connectivity index (χ3v) is 6.36. The molecule has 0 aliphatic rings. The fourth-order valence-electron chi connectivity index (χ4n) is 4.61. The second-order valence-corrected chi connectivity index (χ2v) is 8.99. The summed E-state index contributed by atoms with van der Waals surface area (Å²) in [5.41, 5.74) is 3.05. The lowest BCUT2D eigenvalue weighted by Gasteiger charge is -2.33. The van der Waals surface area contributed by atoms with E-state index in [-0.39, 0.29) is 17.8 Å². The molecule has 5 rings (SSSR count). The molecule has 0 radical (unpaired) electrons. The summed E-state index contributed by atoms with van der Waals surface area (Å²) in [5.74, 6) is -0.293. The summed E-state index contributed by atoms with van der Waals surface area (Å²) >= 11 is 0. The highest BCUT2D eigenvalue weighted by Gasteiger charge is 2.39. The second kappa shape index (κ2) is 8.99. The molecule has 1 heterocycles. The van der Waals surface area contributed by atoms with Crippen molar-refractivity contribution in [2.75, 3.05) is 5.32 Å². The summed E-state index contributed by atoms with van der Waals surface area (Å²) in [6.45, 7) is 3.92. The Bertz CT molecular complexity index is 1380. The van der Waals surface area contributed by atoms with Gasteiger partial charge in [-0.2, -0.15) is 4.98 Å². The van der Waals surface area contributed by atoms with Crippen LogP contribution in [-0.2, 0) is 4.79 Å². The van der Waals surface area contributed by atoms with Crippen LogP contribution in [0.4, 0.5) is 6.01 Å². The maximum Gasteiger partial charge on any atom is 0.301 e. The van der Waals surface area contributed by atoms with Crippen LogP contribution in [0.2, 0.25) is 0 Å². The minimum absolute atomic E-state index is 0.137. The largest absolute Gasteiger partial charge is 0.431 e. The smallest absolute Gasteiger partial charge is 0.301 e. The van der Waals surface area contributed by atoms with E-state index in [9.17, 15) is 4.79 Å². The fourth-order valence-corrected chi connectivity index (χ4v) is 4.61. The number of aromatic nitrogens is 1. The molecule has 1 amide bonds. The van der Waals surface area contributed by atoms with Crippen LogP contribution < -0.4 is 5.32 Å². The number of oxazole rings is 1. The van der Waals surface area contributed by atoms with Crippen molar-refractivity contribution in [1.82, 2.24) is 4.98 Å². The predicted octanol–water partition coefficient (Wildman–Crippen LogP) is 7.29. The molecule has 0 saturated carbocycles. The molecule has 0 aliphatic heterocycles. The summed E-state index contributed by atoms with van der Waals surface area (Å²) in [5, 5.41) is 5.14. The van der Waals surface area contributed by atoms with Crippen molar-refractivity contribution in [2.45, 2.75) is 19.8 Å². The first-order valence-electron chi connectivity index (χ1n) is 11.4. The molecule has 0 saturated heterocycles. The number of hydrogen-bond acceptors (Lipinski definition) is 3. The monoisotopic (exact) mass is 446 g/mol. The number of nitrogens with one attached hydrogen (secondary N) is 1. The number of benzene rings is 4. The molecule has 4 heteroatoms. The second-order valence-electron chi connectivity index (χ2n) is 8.99. The number of carbonyl (C=O) groups excluding carboxylic acids is 1. The molecule has 0 unspecified atom stereocenters. The zero-order valence-corrected chi connectivity index (χ0v) is 19.2. The third kappa shape index (κ3) is 4.11. The van der Waals surface area contributed by atoms with Crippen LogP contribution in [0.15, 0.2) is 114 Å². The van der Waals surface area contributed by atoms with Crippen molar-refractivity contribution in [3.63, 3.8) is 0 Å². The Balaban J connectivity index is 1.45. The number of hydrogen-bond donors (Lipinski definition) is 1. The van der Waals surface area contributed by atoms with Gasteiger partial charge in [-0.25, -0.2) is 0 Å². The van der Waals surface area contributed by atoms with E-state index in [1.807, 2.05) is 74.5 Å². The van der Waals surface area contributed by atoms with E-state index >= 15 is 0 Å². The first-order chi connectivity index (χ1) is 16.5. The van der Waals surface area contributed by atoms with Gasteiger partial charge in [-0.1, -0.05) is 117 Å². The van der Waals surface area contributed by atoms with Crippen molar-refractivity contribution in [2.24, 2.45) is 5.41 Å². The van der Waals surface area contributed by atoms with Crippen LogP contribution in [0.5, 0.6) is 0 Å². The van der Waals surface area contributed by atoms with Gasteiger partial charge in [0, 0.05) is 11.5 Å². The summed E-state index contributed by atoms with van der Waals surface area (Å²) < 4.78 is 5.68. The Hall–Kier alpha value is -4.18. The normalized spacial score (nSPS) is 11.6. The van der Waals surface area contributed by atoms with Gasteiger partial charge in [0.25, 0.3) is 0 Å². The van der Waals surface area contributed by atoms with E-state index in [1.54, 1.807) is 6.26 Å². The number of carbonyl (C=O) groups is 1. The third-order valence-electron chi connectivity index (χ3n) is 6.36. The molecule has 34 heavy (non-hydrogen) atoms. The van der Waals surface area contributed by atoms with Gasteiger partial charge in [0.05, 0.1) is 5.41 Å². The van der Waals surface area contributed by atoms with Crippen molar-refractivity contribution in [3.05, 3.63) is 121 Å². The van der Waals surface area contributed by atoms with Gasteiger partial charge in [-0.15, -0.1) is 0 Å². The zero-order valence-electron chi connectivity index (χ0n) is 19.2. The molecule has 0 fully saturated rings. The van der Waals surface area contributed by atoms with E-state index in [2.05, 4.69) is 52.8 Å². The lowest BCUT2D eigenvalue weighted by Crippen LogP contribution is -2.37. The summed E-state index contributed by atoms with van der Waals surface area (Å²) in [6.07, 6.45) is 1.59. The molecule has 1 aromatic heterocycles. The summed E-state index contributed by atoms with van der Waals surface area (Å²) in [4.78, 5) is 18.2. The molecule has 5 aromatic rings. The van der Waals surface area contributed by atoms with Crippen molar-refractivity contribution < 1.29 is 9.21 Å².